The lowest BCUT2D eigenvalue weighted by atomic mass is 10.0. The number of imidazole rings is 1. The standard InChI is InChI=1S/C13H22N4O2/c1-3-14-11-9-19-8-10(11)13(18)16-5-4-12-15-6-7-17(12)2/h6-7,10-11,14H,3-5,8-9H2,1-2H3,(H,16,18). The molecule has 2 heterocycles. The molecular formula is C13H22N4O2. The fraction of sp³-hybridized carbons (Fsp3) is 0.692. The van der Waals surface area contributed by atoms with Gasteiger partial charge in [0.25, 0.3) is 0 Å². The van der Waals surface area contributed by atoms with E-state index in [2.05, 4.69) is 15.6 Å². The highest BCUT2D eigenvalue weighted by Gasteiger charge is 2.33. The average molecular weight is 266 g/mol. The van der Waals surface area contributed by atoms with E-state index in [4.69, 9.17) is 4.74 Å². The first-order chi connectivity index (χ1) is 9.22. The third kappa shape index (κ3) is 3.54. The van der Waals surface area contributed by atoms with E-state index in [0.717, 1.165) is 18.8 Å². The Labute approximate surface area is 113 Å². The van der Waals surface area contributed by atoms with Crippen molar-refractivity contribution in [2.24, 2.45) is 13.0 Å². The molecule has 6 nitrogen and oxygen atoms in total. The topological polar surface area (TPSA) is 68.2 Å². The fourth-order valence-corrected chi connectivity index (χ4v) is 2.34. The molecule has 2 rings (SSSR count). The second kappa shape index (κ2) is 6.68. The van der Waals surface area contributed by atoms with Gasteiger partial charge in [-0.2, -0.15) is 0 Å². The summed E-state index contributed by atoms with van der Waals surface area (Å²) < 4.78 is 7.34. The van der Waals surface area contributed by atoms with Crippen molar-refractivity contribution in [3.8, 4) is 0 Å². The number of rotatable bonds is 6. The van der Waals surface area contributed by atoms with Crippen LogP contribution in [0, 0.1) is 5.92 Å². The largest absolute Gasteiger partial charge is 0.379 e. The minimum absolute atomic E-state index is 0.0673. The summed E-state index contributed by atoms with van der Waals surface area (Å²) in [5.41, 5.74) is 0. The van der Waals surface area contributed by atoms with Crippen LogP contribution in [0.1, 0.15) is 12.7 Å². The summed E-state index contributed by atoms with van der Waals surface area (Å²) in [7, 11) is 1.95. The molecule has 1 aromatic rings. The molecule has 2 atom stereocenters. The van der Waals surface area contributed by atoms with Crippen LogP contribution in [0.4, 0.5) is 0 Å². The van der Waals surface area contributed by atoms with Crippen LogP contribution in [0.5, 0.6) is 0 Å². The molecule has 2 unspecified atom stereocenters. The molecule has 1 amide bonds. The lowest BCUT2D eigenvalue weighted by Crippen LogP contribution is -2.44. The molecule has 0 spiro atoms. The smallest absolute Gasteiger partial charge is 0.227 e. The lowest BCUT2D eigenvalue weighted by molar-refractivity contribution is -0.125. The fourth-order valence-electron chi connectivity index (χ4n) is 2.34. The average Bonchev–Trinajstić information content (AvgIpc) is 3.00. The highest BCUT2D eigenvalue weighted by atomic mass is 16.5. The van der Waals surface area contributed by atoms with Crippen LogP contribution >= 0.6 is 0 Å². The maximum absolute atomic E-state index is 12.1. The maximum Gasteiger partial charge on any atom is 0.227 e. The number of likely N-dealkylation sites (N-methyl/N-ethyl adjacent to an activating group) is 1. The van der Waals surface area contributed by atoms with E-state index in [1.54, 1.807) is 6.20 Å². The highest BCUT2D eigenvalue weighted by molar-refractivity contribution is 5.79. The number of hydrogen-bond acceptors (Lipinski definition) is 4. The van der Waals surface area contributed by atoms with Gasteiger partial charge in [0.05, 0.1) is 19.1 Å². The van der Waals surface area contributed by atoms with Gasteiger partial charge in [-0.15, -0.1) is 0 Å². The number of aromatic nitrogens is 2. The molecule has 0 saturated carbocycles. The van der Waals surface area contributed by atoms with Gasteiger partial charge in [0.15, 0.2) is 0 Å². The molecule has 6 heteroatoms. The molecule has 1 fully saturated rings. The first-order valence-corrected chi connectivity index (χ1v) is 6.77. The summed E-state index contributed by atoms with van der Waals surface area (Å²) in [5.74, 6) is 0.963. The molecule has 1 aliphatic heterocycles. The molecule has 0 aliphatic carbocycles. The van der Waals surface area contributed by atoms with Gasteiger partial charge in [-0.25, -0.2) is 4.98 Å². The molecule has 0 aromatic carbocycles. The summed E-state index contributed by atoms with van der Waals surface area (Å²) >= 11 is 0. The van der Waals surface area contributed by atoms with E-state index in [0.29, 0.717) is 19.8 Å². The Morgan fingerprint density at radius 1 is 1.58 bits per heavy atom. The third-order valence-electron chi connectivity index (χ3n) is 3.45. The summed E-state index contributed by atoms with van der Waals surface area (Å²) in [6.07, 6.45) is 4.42. The van der Waals surface area contributed by atoms with Gasteiger partial charge < -0.3 is 19.9 Å². The number of hydrogen-bond donors (Lipinski definition) is 2. The molecular weight excluding hydrogens is 244 g/mol. The third-order valence-corrected chi connectivity index (χ3v) is 3.45. The van der Waals surface area contributed by atoms with E-state index in [1.807, 2.05) is 24.7 Å². The Hall–Kier alpha value is -1.40. The van der Waals surface area contributed by atoms with E-state index < -0.39 is 0 Å². The normalized spacial score (nSPS) is 22.6. The minimum atomic E-state index is -0.0821. The number of carbonyl (C=O) groups is 1. The molecule has 1 saturated heterocycles. The zero-order valence-electron chi connectivity index (χ0n) is 11.6. The van der Waals surface area contributed by atoms with Crippen molar-refractivity contribution in [3.05, 3.63) is 18.2 Å². The summed E-state index contributed by atoms with van der Waals surface area (Å²) in [6.45, 7) is 4.62. The highest BCUT2D eigenvalue weighted by Crippen LogP contribution is 2.13. The van der Waals surface area contributed by atoms with E-state index in [1.165, 1.54) is 0 Å². The summed E-state index contributed by atoms with van der Waals surface area (Å²) in [5, 5.41) is 6.25. The predicted molar refractivity (Wildman–Crippen MR) is 71.7 cm³/mol. The van der Waals surface area contributed by atoms with Gasteiger partial charge in [-0.3, -0.25) is 4.79 Å². The van der Waals surface area contributed by atoms with Crippen LogP contribution in [0.2, 0.25) is 0 Å². The SMILES string of the molecule is CCNC1COCC1C(=O)NCCc1nccn1C. The van der Waals surface area contributed by atoms with E-state index >= 15 is 0 Å². The van der Waals surface area contributed by atoms with Crippen molar-refractivity contribution in [1.29, 1.82) is 0 Å². The van der Waals surface area contributed by atoms with Gasteiger partial charge in [0, 0.05) is 38.4 Å². The molecule has 0 radical (unpaired) electrons. The van der Waals surface area contributed by atoms with Crippen molar-refractivity contribution < 1.29 is 9.53 Å². The minimum Gasteiger partial charge on any atom is -0.379 e. The first-order valence-electron chi connectivity index (χ1n) is 6.77. The van der Waals surface area contributed by atoms with Crippen LogP contribution < -0.4 is 10.6 Å². The van der Waals surface area contributed by atoms with Crippen LogP contribution in [-0.2, 0) is 23.0 Å². The van der Waals surface area contributed by atoms with Crippen LogP contribution in [0.3, 0.4) is 0 Å². The number of carbonyl (C=O) groups excluding carboxylic acids is 1. The number of amides is 1. The molecule has 1 aromatic heterocycles. The van der Waals surface area contributed by atoms with Crippen molar-refractivity contribution in [2.45, 2.75) is 19.4 Å². The second-order valence-corrected chi connectivity index (χ2v) is 4.80. The molecule has 19 heavy (non-hydrogen) atoms. The number of aryl methyl sites for hydroxylation is 1. The monoisotopic (exact) mass is 266 g/mol. The van der Waals surface area contributed by atoms with Crippen molar-refractivity contribution in [1.82, 2.24) is 20.2 Å². The Balaban J connectivity index is 1.76. The lowest BCUT2D eigenvalue weighted by Gasteiger charge is -2.17. The predicted octanol–water partition coefficient (Wildman–Crippen LogP) is -0.297. The summed E-state index contributed by atoms with van der Waals surface area (Å²) in [4.78, 5) is 16.3. The first kappa shape index (κ1) is 14.0. The Morgan fingerprint density at radius 2 is 2.42 bits per heavy atom. The van der Waals surface area contributed by atoms with Gasteiger partial charge >= 0.3 is 0 Å². The zero-order chi connectivity index (χ0) is 13.7. The van der Waals surface area contributed by atoms with Gasteiger partial charge in [-0.1, -0.05) is 6.92 Å². The number of nitrogens with zero attached hydrogens (tertiary/aromatic N) is 2. The Morgan fingerprint density at radius 3 is 3.11 bits per heavy atom. The van der Waals surface area contributed by atoms with Crippen LogP contribution in [0.25, 0.3) is 0 Å². The van der Waals surface area contributed by atoms with E-state index in [9.17, 15) is 4.79 Å². The molecule has 2 N–H and O–H groups in total. The van der Waals surface area contributed by atoms with Crippen molar-refractivity contribution in [2.75, 3.05) is 26.3 Å². The van der Waals surface area contributed by atoms with Gasteiger partial charge in [-0.05, 0) is 6.54 Å². The molecule has 106 valence electrons. The van der Waals surface area contributed by atoms with Crippen molar-refractivity contribution in [3.63, 3.8) is 0 Å². The molecule has 0 bridgehead atoms. The second-order valence-electron chi connectivity index (χ2n) is 4.80. The zero-order valence-corrected chi connectivity index (χ0v) is 11.6. The van der Waals surface area contributed by atoms with Gasteiger partial charge in [0.1, 0.15) is 5.82 Å². The number of nitrogens with one attached hydrogen (secondary N) is 2. The van der Waals surface area contributed by atoms with Crippen molar-refractivity contribution >= 4 is 5.91 Å². The Bertz CT molecular complexity index is 419. The van der Waals surface area contributed by atoms with E-state index in [-0.39, 0.29) is 17.9 Å². The quantitative estimate of drug-likeness (QED) is 0.742. The van der Waals surface area contributed by atoms with Crippen LogP contribution in [0.15, 0.2) is 12.4 Å². The van der Waals surface area contributed by atoms with Crippen LogP contribution in [-0.4, -0.2) is 47.8 Å². The number of ether oxygens (including phenoxy) is 1. The Kier molecular flexibility index (Phi) is 4.93. The maximum atomic E-state index is 12.1. The molecule has 1 aliphatic rings. The van der Waals surface area contributed by atoms with Gasteiger partial charge in [0.2, 0.25) is 5.91 Å². The summed E-state index contributed by atoms with van der Waals surface area (Å²) in [6, 6.07) is 0.137.